The van der Waals surface area contributed by atoms with Crippen LogP contribution in [-0.4, -0.2) is 75.4 Å². The first kappa shape index (κ1) is 53.0. The Kier molecular flexibility index (Phi) is 46.7. The molecule has 0 aliphatic carbocycles. The Morgan fingerprint density at radius 2 is 0.617 bits per heavy atom. The Hall–Kier alpha value is -0.800. The van der Waals surface area contributed by atoms with Gasteiger partial charge in [0.25, 0.3) is 11.9 Å². The number of hydrogen-bond donors (Lipinski definition) is 4. The molecule has 9 heteroatoms. The summed E-state index contributed by atoms with van der Waals surface area (Å²) in [5.74, 6) is -1.97. The number of carbonyl (C=O) groups is 4. The van der Waals surface area contributed by atoms with Crippen LogP contribution >= 0.6 is 0 Å². The molecule has 0 aliphatic rings. The van der Waals surface area contributed by atoms with Crippen LogP contribution in [0.25, 0.3) is 0 Å². The zero-order chi connectivity index (χ0) is 35.3. The molecule has 0 aromatic rings. The van der Waals surface area contributed by atoms with Crippen LogP contribution in [0.2, 0.25) is 0 Å². The molecule has 0 spiro atoms. The summed E-state index contributed by atoms with van der Waals surface area (Å²) in [6.45, 7) is 6.63. The third-order valence-corrected chi connectivity index (χ3v) is 8.33. The predicted octanol–water partition coefficient (Wildman–Crippen LogP) is 9.28. The number of carboxylic acids is 2. The van der Waals surface area contributed by atoms with E-state index in [0.29, 0.717) is 12.8 Å². The molecule has 0 fully saturated rings. The van der Waals surface area contributed by atoms with Gasteiger partial charge in [0, 0.05) is 33.2 Å². The molecule has 0 bridgehead atoms. The van der Waals surface area contributed by atoms with Crippen molar-refractivity contribution < 1.29 is 29.4 Å². The number of carboxylic acid groups (broad SMARTS) is 2. The summed E-state index contributed by atoms with van der Waals surface area (Å²) in [5.41, 5.74) is 10.6. The van der Waals surface area contributed by atoms with Crippen molar-refractivity contribution in [2.75, 3.05) is 6.54 Å². The van der Waals surface area contributed by atoms with Crippen LogP contribution in [0, 0.1) is 0 Å². The van der Waals surface area contributed by atoms with Crippen molar-refractivity contribution in [1.82, 2.24) is 0 Å². The monoisotopic (exact) mass is 681 g/mol. The quantitative estimate of drug-likeness (QED) is 0.0320. The Morgan fingerprint density at radius 1 is 0.447 bits per heavy atom. The SMILES string of the molecule is CC(=O)O.CC(=O)O.CCCCCCCCCCCCCCCC(=O)C(N)(CN)C(=O)CCCCCCCCCCCCCCC.[NaH]. The second kappa shape index (κ2) is 41.4. The molecule has 0 unspecified atom stereocenters. The fourth-order valence-electron chi connectivity index (χ4n) is 5.44. The van der Waals surface area contributed by atoms with Gasteiger partial charge in [-0.3, -0.25) is 19.2 Å². The molecule has 0 heterocycles. The first-order valence-electron chi connectivity index (χ1n) is 18.9. The average molecular weight is 681 g/mol. The third kappa shape index (κ3) is 43.2. The van der Waals surface area contributed by atoms with Gasteiger partial charge in [0.2, 0.25) is 0 Å². The van der Waals surface area contributed by atoms with Crippen LogP contribution in [0.1, 0.15) is 207 Å². The van der Waals surface area contributed by atoms with Crippen molar-refractivity contribution >= 4 is 53.1 Å². The van der Waals surface area contributed by atoms with Gasteiger partial charge in [0.05, 0.1) is 0 Å². The molecule has 0 saturated carbocycles. The van der Waals surface area contributed by atoms with Crippen molar-refractivity contribution in [2.45, 2.75) is 213 Å². The van der Waals surface area contributed by atoms with E-state index in [-0.39, 0.29) is 47.7 Å². The second-order valence-electron chi connectivity index (χ2n) is 13.0. The summed E-state index contributed by atoms with van der Waals surface area (Å²) in [5, 5.41) is 14.8. The van der Waals surface area contributed by atoms with E-state index in [0.717, 1.165) is 52.4 Å². The van der Waals surface area contributed by atoms with Gasteiger partial charge in [-0.15, -0.1) is 0 Å². The number of nitrogens with two attached hydrogens (primary N) is 2. The number of Topliss-reactive ketones (excluding diaryl/α,β-unsaturated/α-hetero) is 2. The van der Waals surface area contributed by atoms with E-state index < -0.39 is 17.5 Å². The van der Waals surface area contributed by atoms with Gasteiger partial charge in [-0.1, -0.05) is 168 Å². The molecule has 8 nitrogen and oxygen atoms in total. The topological polar surface area (TPSA) is 161 Å². The van der Waals surface area contributed by atoms with E-state index in [1.165, 1.54) is 128 Å². The van der Waals surface area contributed by atoms with E-state index in [9.17, 15) is 9.59 Å². The normalized spacial score (nSPS) is 10.6. The molecule has 0 amide bonds. The van der Waals surface area contributed by atoms with Crippen molar-refractivity contribution in [3.63, 3.8) is 0 Å². The van der Waals surface area contributed by atoms with Gasteiger partial charge in [-0.25, -0.2) is 0 Å². The Bertz CT molecular complexity index is 658. The molecule has 0 radical (unpaired) electrons. The summed E-state index contributed by atoms with van der Waals surface area (Å²) >= 11 is 0. The number of unbranched alkanes of at least 4 members (excludes halogenated alkanes) is 24. The number of aliphatic carboxylic acids is 2. The summed E-state index contributed by atoms with van der Waals surface area (Å²) in [4.78, 5) is 43.5. The fourth-order valence-corrected chi connectivity index (χ4v) is 5.44. The van der Waals surface area contributed by atoms with Gasteiger partial charge in [0.15, 0.2) is 11.6 Å². The van der Waals surface area contributed by atoms with E-state index in [2.05, 4.69) is 13.8 Å². The van der Waals surface area contributed by atoms with Crippen molar-refractivity contribution in [1.29, 1.82) is 0 Å². The van der Waals surface area contributed by atoms with Crippen molar-refractivity contribution in [3.05, 3.63) is 0 Å². The molecule has 0 saturated heterocycles. The maximum absolute atomic E-state index is 12.7. The Balaban J connectivity index is -0.000000914. The summed E-state index contributed by atoms with van der Waals surface area (Å²) in [6.07, 6.45) is 33.8. The molecule has 0 aromatic heterocycles. The molecular formula is C38H77N2NaO6. The van der Waals surface area contributed by atoms with Crippen molar-refractivity contribution in [3.8, 4) is 0 Å². The second-order valence-corrected chi connectivity index (χ2v) is 13.0. The maximum atomic E-state index is 12.7. The summed E-state index contributed by atoms with van der Waals surface area (Å²) in [7, 11) is 0. The van der Waals surface area contributed by atoms with Gasteiger partial charge in [0.1, 0.15) is 5.54 Å². The van der Waals surface area contributed by atoms with Gasteiger partial charge >= 0.3 is 29.6 Å². The molecule has 47 heavy (non-hydrogen) atoms. The molecule has 6 N–H and O–H groups in total. The van der Waals surface area contributed by atoms with E-state index in [1.807, 2.05) is 0 Å². The van der Waals surface area contributed by atoms with E-state index in [1.54, 1.807) is 0 Å². The number of ketones is 2. The van der Waals surface area contributed by atoms with Crippen LogP contribution in [0.5, 0.6) is 0 Å². The van der Waals surface area contributed by atoms with Crippen LogP contribution in [0.4, 0.5) is 0 Å². The minimum absolute atomic E-state index is 0. The zero-order valence-corrected chi connectivity index (χ0v) is 30.7. The van der Waals surface area contributed by atoms with Crippen LogP contribution < -0.4 is 11.5 Å². The predicted molar refractivity (Wildman–Crippen MR) is 200 cm³/mol. The molecular weight excluding hydrogens is 603 g/mol. The average Bonchev–Trinajstić information content (AvgIpc) is 3.00. The van der Waals surface area contributed by atoms with E-state index in [4.69, 9.17) is 31.3 Å². The molecule has 276 valence electrons. The molecule has 0 rings (SSSR count). The number of rotatable bonds is 31. The van der Waals surface area contributed by atoms with Crippen LogP contribution in [-0.2, 0) is 19.2 Å². The van der Waals surface area contributed by atoms with Gasteiger partial charge in [-0.2, -0.15) is 0 Å². The fraction of sp³-hybridized carbons (Fsp3) is 0.895. The number of carbonyl (C=O) groups excluding carboxylic acids is 2. The van der Waals surface area contributed by atoms with Crippen LogP contribution in [0.3, 0.4) is 0 Å². The van der Waals surface area contributed by atoms with Gasteiger partial charge in [-0.05, 0) is 12.8 Å². The minimum atomic E-state index is -1.46. The third-order valence-electron chi connectivity index (χ3n) is 8.33. The van der Waals surface area contributed by atoms with Crippen molar-refractivity contribution in [2.24, 2.45) is 11.5 Å². The molecule has 0 atom stereocenters. The molecule has 0 aromatic carbocycles. The summed E-state index contributed by atoms with van der Waals surface area (Å²) in [6, 6.07) is 0. The standard InChI is InChI=1S/C34H68N2O2.2C2H4O2.Na.H/c1-3-5-7-9-11-13-15-17-19-21-23-25-27-29-32(37)34(36,31-35)33(38)30-28-26-24-22-20-18-16-14-12-10-8-6-4-2;2*1-2(3)4;;/h3-31,35-36H2,1-2H3;2*1H3,(H,3,4);;. The van der Waals surface area contributed by atoms with Crippen LogP contribution in [0.15, 0.2) is 0 Å². The Morgan fingerprint density at radius 3 is 0.787 bits per heavy atom. The first-order chi connectivity index (χ1) is 22.0. The zero-order valence-electron chi connectivity index (χ0n) is 30.7. The summed E-state index contributed by atoms with van der Waals surface area (Å²) < 4.78 is 0. The van der Waals surface area contributed by atoms with Gasteiger partial charge < -0.3 is 21.7 Å². The van der Waals surface area contributed by atoms with E-state index >= 15 is 0 Å². The molecule has 0 aliphatic heterocycles. The Labute approximate surface area is 312 Å². The first-order valence-corrected chi connectivity index (χ1v) is 18.9. The number of hydrogen-bond acceptors (Lipinski definition) is 6.